The van der Waals surface area contributed by atoms with Crippen molar-refractivity contribution in [1.82, 2.24) is 14.7 Å². The molecule has 0 radical (unpaired) electrons. The second kappa shape index (κ2) is 3.98. The third kappa shape index (κ3) is 1.37. The summed E-state index contributed by atoms with van der Waals surface area (Å²) in [5.74, 6) is 1.01. The van der Waals surface area contributed by atoms with Gasteiger partial charge in [-0.3, -0.25) is 0 Å². The van der Waals surface area contributed by atoms with Crippen LogP contribution in [0.2, 0.25) is 0 Å². The van der Waals surface area contributed by atoms with Gasteiger partial charge in [0.2, 0.25) is 11.6 Å². The molecule has 0 aliphatic carbocycles. The second-order valence-electron chi connectivity index (χ2n) is 5.24. The van der Waals surface area contributed by atoms with Gasteiger partial charge >= 0.3 is 0 Å². The Labute approximate surface area is 124 Å². The number of para-hydroxylation sites is 2. The number of hydrogen-bond acceptors (Lipinski definition) is 4. The molecule has 3 heterocycles. The second-order valence-corrected chi connectivity index (χ2v) is 5.24. The van der Waals surface area contributed by atoms with Crippen molar-refractivity contribution >= 4 is 33.0 Å². The predicted octanol–water partition coefficient (Wildman–Crippen LogP) is 4.22. The normalized spacial score (nSPS) is 11.9. The van der Waals surface area contributed by atoms with E-state index >= 15 is 0 Å². The van der Waals surface area contributed by atoms with E-state index in [-0.39, 0.29) is 0 Å². The molecular formula is C17H11N3O2. The molecule has 0 amide bonds. The highest BCUT2D eigenvalue weighted by molar-refractivity contribution is 6.19. The van der Waals surface area contributed by atoms with Gasteiger partial charge in [-0.1, -0.05) is 36.4 Å². The Morgan fingerprint density at radius 2 is 1.73 bits per heavy atom. The van der Waals surface area contributed by atoms with Crippen LogP contribution < -0.4 is 0 Å². The van der Waals surface area contributed by atoms with Crippen molar-refractivity contribution in [2.24, 2.45) is 0 Å². The first kappa shape index (κ1) is 11.6. The fourth-order valence-corrected chi connectivity index (χ4v) is 3.02. The molecule has 106 valence electrons. The molecule has 5 nitrogen and oxygen atoms in total. The summed E-state index contributed by atoms with van der Waals surface area (Å²) in [7, 11) is 0. The molecule has 22 heavy (non-hydrogen) atoms. The first-order valence-electron chi connectivity index (χ1n) is 7.04. The van der Waals surface area contributed by atoms with Crippen LogP contribution in [-0.2, 0) is 0 Å². The fraction of sp³-hybridized carbons (Fsp3) is 0.0588. The molecule has 3 aromatic heterocycles. The molecule has 5 aromatic rings. The van der Waals surface area contributed by atoms with Crippen LogP contribution >= 0.6 is 0 Å². The number of aromatic nitrogens is 3. The quantitative estimate of drug-likeness (QED) is 0.463. The Bertz CT molecular complexity index is 1150. The van der Waals surface area contributed by atoms with E-state index in [2.05, 4.69) is 22.3 Å². The van der Waals surface area contributed by atoms with Crippen molar-refractivity contribution in [2.45, 2.75) is 6.92 Å². The smallest absolute Gasteiger partial charge is 0.277 e. The molecule has 0 atom stereocenters. The van der Waals surface area contributed by atoms with Gasteiger partial charge in [0.15, 0.2) is 0 Å². The van der Waals surface area contributed by atoms with Crippen molar-refractivity contribution in [3.05, 3.63) is 54.4 Å². The maximum atomic E-state index is 6.07. The molecule has 0 spiro atoms. The van der Waals surface area contributed by atoms with Crippen LogP contribution in [0.25, 0.3) is 38.9 Å². The SMILES string of the molecule is Cc1nc(-n2c3ccccc3c3c4ccccc4oc32)no1. The third-order valence-corrected chi connectivity index (χ3v) is 3.91. The summed E-state index contributed by atoms with van der Waals surface area (Å²) in [5, 5.41) is 7.33. The van der Waals surface area contributed by atoms with E-state index in [1.165, 1.54) is 0 Å². The average Bonchev–Trinajstić information content (AvgIpc) is 3.19. The van der Waals surface area contributed by atoms with E-state index in [4.69, 9.17) is 8.94 Å². The molecule has 0 aliphatic rings. The maximum Gasteiger partial charge on any atom is 0.277 e. The fourth-order valence-electron chi connectivity index (χ4n) is 3.02. The lowest BCUT2D eigenvalue weighted by atomic mass is 10.1. The van der Waals surface area contributed by atoms with E-state index in [1.807, 2.05) is 41.0 Å². The number of benzene rings is 2. The zero-order valence-corrected chi connectivity index (χ0v) is 11.8. The minimum atomic E-state index is 0.489. The summed E-state index contributed by atoms with van der Waals surface area (Å²) in [6.45, 7) is 1.78. The molecule has 5 heteroatoms. The van der Waals surface area contributed by atoms with Gasteiger partial charge in [0.1, 0.15) is 5.58 Å². The molecule has 0 bridgehead atoms. The van der Waals surface area contributed by atoms with E-state index in [9.17, 15) is 0 Å². The van der Waals surface area contributed by atoms with Gasteiger partial charge in [-0.05, 0) is 17.3 Å². The van der Waals surface area contributed by atoms with Gasteiger partial charge in [0.05, 0.1) is 10.9 Å². The van der Waals surface area contributed by atoms with Crippen molar-refractivity contribution in [1.29, 1.82) is 0 Å². The minimum absolute atomic E-state index is 0.489. The average molecular weight is 289 g/mol. The zero-order valence-electron chi connectivity index (χ0n) is 11.8. The predicted molar refractivity (Wildman–Crippen MR) is 83.1 cm³/mol. The molecule has 0 fully saturated rings. The van der Waals surface area contributed by atoms with Gasteiger partial charge in [0, 0.05) is 17.7 Å². The van der Waals surface area contributed by atoms with Crippen LogP contribution in [0.15, 0.2) is 57.5 Å². The van der Waals surface area contributed by atoms with Crippen LogP contribution in [-0.4, -0.2) is 14.7 Å². The van der Waals surface area contributed by atoms with Crippen molar-refractivity contribution in [3.8, 4) is 5.95 Å². The van der Waals surface area contributed by atoms with E-state index < -0.39 is 0 Å². The summed E-state index contributed by atoms with van der Waals surface area (Å²) in [5.41, 5.74) is 2.60. The van der Waals surface area contributed by atoms with Crippen LogP contribution in [0.4, 0.5) is 0 Å². The molecule has 2 aromatic carbocycles. The highest BCUT2D eigenvalue weighted by Crippen LogP contribution is 2.37. The Balaban J connectivity index is 2.06. The van der Waals surface area contributed by atoms with Crippen molar-refractivity contribution < 1.29 is 8.94 Å². The highest BCUT2D eigenvalue weighted by Gasteiger charge is 2.20. The first-order chi connectivity index (χ1) is 10.8. The summed E-state index contributed by atoms with van der Waals surface area (Å²) in [6.07, 6.45) is 0. The van der Waals surface area contributed by atoms with Gasteiger partial charge < -0.3 is 8.94 Å². The summed E-state index contributed by atoms with van der Waals surface area (Å²) in [4.78, 5) is 4.35. The van der Waals surface area contributed by atoms with Crippen molar-refractivity contribution in [3.63, 3.8) is 0 Å². The Kier molecular flexibility index (Phi) is 2.09. The Hall–Kier alpha value is -3.08. The number of furan rings is 1. The zero-order chi connectivity index (χ0) is 14.7. The molecule has 0 N–H and O–H groups in total. The van der Waals surface area contributed by atoms with Crippen molar-refractivity contribution in [2.75, 3.05) is 0 Å². The van der Waals surface area contributed by atoms with Crippen LogP contribution in [0.3, 0.4) is 0 Å². The maximum absolute atomic E-state index is 6.07. The van der Waals surface area contributed by atoms with Gasteiger partial charge in [-0.2, -0.15) is 4.98 Å². The standard InChI is InChI=1S/C17H11N3O2/c1-10-18-17(19-22-10)20-13-8-4-2-6-11(13)15-12-7-3-5-9-14(12)21-16(15)20/h2-9H,1H3. The molecule has 0 saturated heterocycles. The number of fused-ring (bicyclic) bond motifs is 5. The van der Waals surface area contributed by atoms with E-state index in [0.29, 0.717) is 11.8 Å². The van der Waals surface area contributed by atoms with E-state index in [0.717, 1.165) is 33.0 Å². The Morgan fingerprint density at radius 1 is 0.955 bits per heavy atom. The number of nitrogens with zero attached hydrogens (tertiary/aromatic N) is 3. The number of hydrogen-bond donors (Lipinski definition) is 0. The van der Waals surface area contributed by atoms with Gasteiger partial charge in [0.25, 0.3) is 5.95 Å². The number of aryl methyl sites for hydroxylation is 1. The van der Waals surface area contributed by atoms with Gasteiger partial charge in [-0.15, -0.1) is 0 Å². The van der Waals surface area contributed by atoms with Gasteiger partial charge in [-0.25, -0.2) is 4.57 Å². The highest BCUT2D eigenvalue weighted by atomic mass is 16.5. The first-order valence-corrected chi connectivity index (χ1v) is 7.04. The molecule has 0 unspecified atom stereocenters. The monoisotopic (exact) mass is 289 g/mol. The summed E-state index contributed by atoms with van der Waals surface area (Å²) >= 11 is 0. The lowest BCUT2D eigenvalue weighted by molar-refractivity contribution is 0.391. The molecular weight excluding hydrogens is 278 g/mol. The Morgan fingerprint density at radius 3 is 2.55 bits per heavy atom. The minimum Gasteiger partial charge on any atom is -0.439 e. The lowest BCUT2D eigenvalue weighted by Gasteiger charge is -1.98. The summed E-state index contributed by atoms with van der Waals surface area (Å²) < 4.78 is 13.1. The van der Waals surface area contributed by atoms with E-state index in [1.54, 1.807) is 6.92 Å². The largest absolute Gasteiger partial charge is 0.439 e. The molecule has 0 aliphatic heterocycles. The lowest BCUT2D eigenvalue weighted by Crippen LogP contribution is -1.95. The van der Waals surface area contributed by atoms with Crippen LogP contribution in [0, 0.1) is 6.92 Å². The van der Waals surface area contributed by atoms with Crippen LogP contribution in [0.5, 0.6) is 0 Å². The topological polar surface area (TPSA) is 57.0 Å². The number of rotatable bonds is 1. The molecule has 5 rings (SSSR count). The summed E-state index contributed by atoms with van der Waals surface area (Å²) in [6, 6.07) is 16.2. The molecule has 0 saturated carbocycles. The van der Waals surface area contributed by atoms with Crippen LogP contribution in [0.1, 0.15) is 5.89 Å². The third-order valence-electron chi connectivity index (χ3n) is 3.91.